The van der Waals surface area contributed by atoms with Crippen molar-refractivity contribution >= 4 is 68.8 Å². The molecule has 6 aromatic rings. The Hall–Kier alpha value is -5.16. The van der Waals surface area contributed by atoms with Crippen LogP contribution in [0.2, 0.25) is 0 Å². The van der Waals surface area contributed by atoms with Gasteiger partial charge >= 0.3 is 0 Å². The maximum Gasteiger partial charge on any atom is 0.297 e. The molecule has 5 aromatic carbocycles. The van der Waals surface area contributed by atoms with Gasteiger partial charge in [0.15, 0.2) is 0 Å². The van der Waals surface area contributed by atoms with E-state index in [1.165, 1.54) is 152 Å². The molecular weight excluding hydrogens is 958 g/mol. The molecule has 3 aliphatic heterocycles. The van der Waals surface area contributed by atoms with Crippen LogP contribution in [0.15, 0.2) is 89.3 Å². The van der Waals surface area contributed by atoms with Crippen LogP contribution in [0.1, 0.15) is 252 Å². The van der Waals surface area contributed by atoms with Crippen molar-refractivity contribution in [2.24, 2.45) is 0 Å². The molecular formula is C74H92BN3O. The van der Waals surface area contributed by atoms with E-state index in [0.717, 1.165) is 37.8 Å². The molecule has 0 saturated heterocycles. The fraction of sp³-hybridized carbons (Fsp3) is 0.541. The first-order chi connectivity index (χ1) is 36.8. The SMILES string of the molecule is CC1(C)CCC(C)(C)c2cc(N3c4cc5c(cc4B4c6oc7c(c6N(c6ccc8c(c6)C(C)(C)CCC8(C)C)c6cc(N8c9ccccc9C9(C)CCCCC89C)cc3c64)C(C)(C)CCC7(C)C)C(C)(C)CCC5(C)C)ccc21. The van der Waals surface area contributed by atoms with Gasteiger partial charge in [-0.15, -0.1) is 0 Å². The molecule has 0 spiro atoms. The Morgan fingerprint density at radius 1 is 0.380 bits per heavy atom. The van der Waals surface area contributed by atoms with Crippen LogP contribution in [0.5, 0.6) is 0 Å². The first-order valence-corrected chi connectivity index (χ1v) is 31.2. The molecule has 0 N–H and O–H groups in total. The maximum absolute atomic E-state index is 8.03. The van der Waals surface area contributed by atoms with Gasteiger partial charge in [0, 0.05) is 56.2 Å². The molecule has 5 aliphatic carbocycles. The molecule has 0 radical (unpaired) electrons. The van der Waals surface area contributed by atoms with Crippen LogP contribution in [0.25, 0.3) is 0 Å². The van der Waals surface area contributed by atoms with Crippen molar-refractivity contribution in [2.75, 3.05) is 14.7 Å². The van der Waals surface area contributed by atoms with Gasteiger partial charge in [-0.25, -0.2) is 0 Å². The van der Waals surface area contributed by atoms with Crippen molar-refractivity contribution in [3.05, 3.63) is 135 Å². The lowest BCUT2D eigenvalue weighted by atomic mass is 9.35. The third kappa shape index (κ3) is 6.92. The Morgan fingerprint density at radius 2 is 0.848 bits per heavy atom. The molecule has 14 rings (SSSR count). The Labute approximate surface area is 476 Å². The number of para-hydroxylation sites is 1. The molecule has 79 heavy (non-hydrogen) atoms. The minimum absolute atomic E-state index is 0.00109. The van der Waals surface area contributed by atoms with Gasteiger partial charge < -0.3 is 19.1 Å². The zero-order chi connectivity index (χ0) is 55.9. The summed E-state index contributed by atoms with van der Waals surface area (Å²) in [6.07, 6.45) is 14.1. The van der Waals surface area contributed by atoms with E-state index in [4.69, 9.17) is 4.42 Å². The number of rotatable bonds is 3. The molecule has 8 aliphatic rings. The molecule has 1 fully saturated rings. The van der Waals surface area contributed by atoms with E-state index in [-0.39, 0.29) is 61.0 Å². The van der Waals surface area contributed by atoms with Gasteiger partial charge in [-0.05, 0) is 207 Å². The van der Waals surface area contributed by atoms with Crippen LogP contribution in [0.4, 0.5) is 45.5 Å². The van der Waals surface area contributed by atoms with E-state index in [2.05, 4.69) is 224 Å². The Balaban J connectivity index is 1.16. The second kappa shape index (κ2) is 15.9. The summed E-state index contributed by atoms with van der Waals surface area (Å²) < 4.78 is 8.03. The highest BCUT2D eigenvalue weighted by atomic mass is 16.3. The van der Waals surface area contributed by atoms with E-state index in [1.54, 1.807) is 0 Å². The van der Waals surface area contributed by atoms with Crippen LogP contribution in [0.3, 0.4) is 0 Å². The first kappa shape index (κ1) is 52.0. The van der Waals surface area contributed by atoms with E-state index in [0.29, 0.717) is 0 Å². The predicted octanol–water partition coefficient (Wildman–Crippen LogP) is 18.5. The highest BCUT2D eigenvalue weighted by Crippen LogP contribution is 2.63. The van der Waals surface area contributed by atoms with Crippen molar-refractivity contribution in [3.63, 3.8) is 0 Å². The van der Waals surface area contributed by atoms with Gasteiger partial charge in [0.05, 0.1) is 16.9 Å². The normalized spacial score (nSPS) is 26.8. The Kier molecular flexibility index (Phi) is 10.4. The van der Waals surface area contributed by atoms with Gasteiger partial charge in [0.2, 0.25) is 0 Å². The summed E-state index contributed by atoms with van der Waals surface area (Å²) >= 11 is 0. The van der Waals surface area contributed by atoms with Crippen LogP contribution in [-0.2, 0) is 48.7 Å². The summed E-state index contributed by atoms with van der Waals surface area (Å²) in [5.41, 5.74) is 26.1. The predicted molar refractivity (Wildman–Crippen MR) is 337 cm³/mol. The standard InChI is InChI=1S/C74H92BN3O/c1-65(2)31-33-67(5,6)51-39-45(25-27-48(51)65)76-57-44-54-53(69(9,10)35-36-70(54,11)12)43-55(57)75-61-58(76)41-47(78-56-24-20-19-23-50(56)73(17)29-21-22-30-74(73,78)18)42-59(61)77(46-26-28-49-52(40-46)68(7,8)34-32-66(49,3)4)62-60-63(79-64(62)75)72(15,16)38-37-71(60,13)14/h19-20,23-28,39-44H,21-22,29-38H2,1-18H3. The zero-order valence-electron chi connectivity index (χ0n) is 51.9. The number of hydrogen-bond donors (Lipinski definition) is 0. The minimum Gasteiger partial charge on any atom is -0.472 e. The summed E-state index contributed by atoms with van der Waals surface area (Å²) in [6.45, 7) is 45.1. The van der Waals surface area contributed by atoms with Gasteiger partial charge in [0.1, 0.15) is 5.76 Å². The van der Waals surface area contributed by atoms with Crippen molar-refractivity contribution in [1.82, 2.24) is 0 Å². The fourth-order valence-electron chi connectivity index (χ4n) is 18.0. The van der Waals surface area contributed by atoms with E-state index in [1.807, 2.05) is 0 Å². The lowest BCUT2D eigenvalue weighted by Crippen LogP contribution is -2.62. The third-order valence-corrected chi connectivity index (χ3v) is 24.0. The molecule has 1 saturated carbocycles. The first-order valence-electron chi connectivity index (χ1n) is 31.2. The average molecular weight is 1050 g/mol. The molecule has 0 bridgehead atoms. The van der Waals surface area contributed by atoms with E-state index in [9.17, 15) is 0 Å². The molecule has 1 aromatic heterocycles. The number of anilines is 8. The number of benzene rings is 5. The highest BCUT2D eigenvalue weighted by molar-refractivity contribution is 6.99. The number of fused-ring (bicyclic) bond motifs is 12. The molecule has 4 heterocycles. The van der Waals surface area contributed by atoms with Crippen LogP contribution in [0, 0.1) is 0 Å². The molecule has 4 nitrogen and oxygen atoms in total. The van der Waals surface area contributed by atoms with Crippen molar-refractivity contribution < 1.29 is 4.42 Å². The topological polar surface area (TPSA) is 22.9 Å². The second-order valence-electron chi connectivity index (χ2n) is 32.7. The van der Waals surface area contributed by atoms with E-state index >= 15 is 0 Å². The number of hydrogen-bond acceptors (Lipinski definition) is 4. The minimum atomic E-state index is -0.135. The van der Waals surface area contributed by atoms with Crippen LogP contribution in [-0.4, -0.2) is 12.3 Å². The summed E-state index contributed by atoms with van der Waals surface area (Å²) in [7, 11) is 0. The zero-order valence-corrected chi connectivity index (χ0v) is 51.9. The largest absolute Gasteiger partial charge is 0.472 e. The number of furan rings is 1. The highest BCUT2D eigenvalue weighted by Gasteiger charge is 2.59. The Morgan fingerprint density at radius 3 is 1.43 bits per heavy atom. The lowest BCUT2D eigenvalue weighted by molar-refractivity contribution is 0.195. The van der Waals surface area contributed by atoms with Crippen molar-refractivity contribution in [3.8, 4) is 0 Å². The fourth-order valence-corrected chi connectivity index (χ4v) is 18.0. The average Bonchev–Trinajstić information content (AvgIpc) is 2.52. The van der Waals surface area contributed by atoms with Gasteiger partial charge in [0.25, 0.3) is 6.71 Å². The third-order valence-electron chi connectivity index (χ3n) is 24.0. The molecule has 412 valence electrons. The smallest absolute Gasteiger partial charge is 0.297 e. The van der Waals surface area contributed by atoms with Crippen LogP contribution >= 0.6 is 0 Å². The molecule has 2 atom stereocenters. The van der Waals surface area contributed by atoms with Gasteiger partial charge in [-0.3, -0.25) is 0 Å². The summed E-state index contributed by atoms with van der Waals surface area (Å²) in [5, 5.41) is 0. The maximum atomic E-state index is 8.03. The second-order valence-corrected chi connectivity index (χ2v) is 32.7. The summed E-state index contributed by atoms with van der Waals surface area (Å²) in [5.74, 6) is 1.19. The monoisotopic (exact) mass is 1050 g/mol. The van der Waals surface area contributed by atoms with Crippen molar-refractivity contribution in [1.29, 1.82) is 0 Å². The Bertz CT molecular complexity index is 3610. The van der Waals surface area contributed by atoms with Crippen LogP contribution < -0.4 is 31.3 Å². The quantitative estimate of drug-likeness (QED) is 0.165. The lowest BCUT2D eigenvalue weighted by Gasteiger charge is -2.51. The number of nitrogens with zero attached hydrogens (tertiary/aromatic N) is 3. The van der Waals surface area contributed by atoms with E-state index < -0.39 is 0 Å². The van der Waals surface area contributed by atoms with Gasteiger partial charge in [-0.1, -0.05) is 167 Å². The molecule has 0 amide bonds. The summed E-state index contributed by atoms with van der Waals surface area (Å²) in [6, 6.07) is 35.7. The summed E-state index contributed by atoms with van der Waals surface area (Å²) in [4.78, 5) is 8.43. The van der Waals surface area contributed by atoms with Gasteiger partial charge in [-0.2, -0.15) is 0 Å². The molecule has 2 unspecified atom stereocenters. The van der Waals surface area contributed by atoms with Crippen molar-refractivity contribution in [2.45, 2.75) is 256 Å². The molecule has 5 heteroatoms.